The molecule has 3 amide bonds. The number of nitrogens with one attached hydrogen (secondary N) is 1. The van der Waals surface area contributed by atoms with Gasteiger partial charge in [0.15, 0.2) is 6.23 Å². The van der Waals surface area contributed by atoms with E-state index in [9.17, 15) is 24.8 Å². The number of likely N-dealkylation sites (tertiary alicyclic amines) is 2. The summed E-state index contributed by atoms with van der Waals surface area (Å²) in [6.07, 6.45) is 10.3. The van der Waals surface area contributed by atoms with Gasteiger partial charge in [0.1, 0.15) is 18.4 Å². The van der Waals surface area contributed by atoms with E-state index in [4.69, 9.17) is 21.3 Å². The van der Waals surface area contributed by atoms with E-state index >= 15 is 0 Å². The van der Waals surface area contributed by atoms with Gasteiger partial charge in [0.2, 0.25) is 17.8 Å². The third-order valence-electron chi connectivity index (χ3n) is 16.2. The molecule has 5 saturated heterocycles. The molecule has 7 heterocycles. The molecular formula is C53H62ClN9O5. The maximum Gasteiger partial charge on any atom is 0.257 e. The number of halogens is 1. The van der Waals surface area contributed by atoms with Gasteiger partial charge in [-0.05, 0) is 155 Å². The fraction of sp³-hybridized carbons (Fsp3) is 0.509. The highest BCUT2D eigenvalue weighted by molar-refractivity contribution is 6.30. The van der Waals surface area contributed by atoms with E-state index in [0.717, 1.165) is 106 Å². The number of carbonyl (C=O) groups is 3. The monoisotopic (exact) mass is 939 g/mol. The summed E-state index contributed by atoms with van der Waals surface area (Å²) in [6.45, 7) is 12.9. The number of imide groups is 1. The Labute approximate surface area is 404 Å². The van der Waals surface area contributed by atoms with Gasteiger partial charge >= 0.3 is 0 Å². The van der Waals surface area contributed by atoms with Crippen molar-refractivity contribution in [2.24, 2.45) is 5.41 Å². The second-order valence-corrected chi connectivity index (χ2v) is 20.9. The van der Waals surface area contributed by atoms with Crippen LogP contribution in [0.2, 0.25) is 5.02 Å². The van der Waals surface area contributed by atoms with Gasteiger partial charge in [0.05, 0.1) is 17.3 Å². The molecule has 6 aliphatic rings. The summed E-state index contributed by atoms with van der Waals surface area (Å²) in [7, 11) is 0. The first kappa shape index (κ1) is 46.2. The van der Waals surface area contributed by atoms with Crippen LogP contribution in [-0.4, -0.2) is 118 Å². The average Bonchev–Trinajstić information content (AvgIpc) is 3.61. The third-order valence-corrected chi connectivity index (χ3v) is 16.4. The minimum Gasteiger partial charge on any atom is -0.487 e. The predicted molar refractivity (Wildman–Crippen MR) is 259 cm³/mol. The van der Waals surface area contributed by atoms with Crippen molar-refractivity contribution in [1.82, 2.24) is 30.0 Å². The summed E-state index contributed by atoms with van der Waals surface area (Å²) < 4.78 is 6.19. The summed E-state index contributed by atoms with van der Waals surface area (Å²) in [5, 5.41) is 23.6. The fourth-order valence-corrected chi connectivity index (χ4v) is 12.2. The van der Waals surface area contributed by atoms with Gasteiger partial charge in [-0.15, -0.1) is 0 Å². The largest absolute Gasteiger partial charge is 0.487 e. The maximum absolute atomic E-state index is 13.4. The zero-order valence-electron chi connectivity index (χ0n) is 39.2. The number of fused-ring (bicyclic) bond motifs is 1. The molecule has 2 N–H and O–H groups in total. The molecule has 14 nitrogen and oxygen atoms in total. The number of rotatable bonds is 10. The average molecular weight is 941 g/mol. The number of aliphatic hydroxyl groups excluding tert-OH is 1. The molecule has 5 fully saturated rings. The second-order valence-electron chi connectivity index (χ2n) is 20.5. The number of hydrogen-bond acceptors (Lipinski definition) is 12. The minimum absolute atomic E-state index is 0.146. The Hall–Kier alpha value is -5.59. The van der Waals surface area contributed by atoms with Crippen molar-refractivity contribution in [3.05, 3.63) is 111 Å². The van der Waals surface area contributed by atoms with Gasteiger partial charge in [-0.3, -0.25) is 24.6 Å². The highest BCUT2D eigenvalue weighted by Gasteiger charge is 2.46. The molecule has 0 radical (unpaired) electrons. The molecule has 6 aliphatic heterocycles. The van der Waals surface area contributed by atoms with Crippen LogP contribution in [-0.2, 0) is 21.6 Å². The van der Waals surface area contributed by atoms with Crippen molar-refractivity contribution < 1.29 is 24.2 Å². The van der Waals surface area contributed by atoms with Crippen LogP contribution in [0, 0.1) is 16.7 Å². The molecule has 4 aromatic rings. The molecule has 15 heteroatoms. The van der Waals surface area contributed by atoms with Crippen molar-refractivity contribution in [1.29, 1.82) is 5.26 Å². The van der Waals surface area contributed by atoms with E-state index in [2.05, 4.69) is 61.9 Å². The lowest BCUT2D eigenvalue weighted by atomic mass is 9.72. The summed E-state index contributed by atoms with van der Waals surface area (Å²) >= 11 is 6.33. The van der Waals surface area contributed by atoms with Gasteiger partial charge in [-0.25, -0.2) is 9.97 Å². The lowest BCUT2D eigenvalue weighted by molar-refractivity contribution is -0.139. The van der Waals surface area contributed by atoms with Crippen LogP contribution >= 0.6 is 11.6 Å². The number of aromatic nitrogens is 2. The highest BCUT2D eigenvalue weighted by atomic mass is 35.5. The molecule has 0 aliphatic carbocycles. The van der Waals surface area contributed by atoms with E-state index in [1.54, 1.807) is 12.1 Å². The standard InChI is InChI=1S/C53H62ClN9O5/c1-52(2,37-28-35(32-55)29-38(54)30-37)36-4-7-43(8-5-36)68-33-39-12-20-56-51(57-39)61-24-15-40(16-25-61)59-22-13-41(14-23-59)60-26-18-53(19-27-60)17-3-21-62(34-53)42-6-9-44-45(31-42)50(67)63(49(44)66)46-10-11-47(64)58-48(46)65/h4-9,12,20,28-31,40-41,46,50,67H,3,10-11,13-19,21-27,33-34H2,1-2H3,(H,58,64,65). The van der Waals surface area contributed by atoms with Gasteiger partial charge in [-0.2, -0.15) is 5.26 Å². The Balaban J connectivity index is 0.666. The molecule has 1 aromatic heterocycles. The molecule has 2 unspecified atom stereocenters. The Morgan fingerprint density at radius 1 is 0.838 bits per heavy atom. The number of amides is 3. The normalized spacial score (nSPS) is 23.2. The molecule has 10 rings (SSSR count). The number of nitrogens with zero attached hydrogens (tertiary/aromatic N) is 8. The number of hydrogen-bond donors (Lipinski definition) is 2. The number of carbonyl (C=O) groups excluding carboxylic acids is 3. The maximum atomic E-state index is 13.4. The van der Waals surface area contributed by atoms with Crippen molar-refractivity contribution in [2.75, 3.05) is 62.2 Å². The van der Waals surface area contributed by atoms with Crippen LogP contribution < -0.4 is 19.9 Å². The van der Waals surface area contributed by atoms with Gasteiger partial charge in [0.25, 0.3) is 5.91 Å². The first-order valence-electron chi connectivity index (χ1n) is 24.6. The fourth-order valence-electron chi connectivity index (χ4n) is 12.0. The smallest absolute Gasteiger partial charge is 0.257 e. The molecule has 0 saturated carbocycles. The quantitative estimate of drug-likeness (QED) is 0.158. The van der Waals surface area contributed by atoms with Crippen molar-refractivity contribution in [3.8, 4) is 11.8 Å². The Morgan fingerprint density at radius 3 is 2.28 bits per heavy atom. The van der Waals surface area contributed by atoms with E-state index in [1.165, 1.54) is 37.0 Å². The Bertz CT molecular complexity index is 2580. The van der Waals surface area contributed by atoms with Crippen LogP contribution in [0.25, 0.3) is 0 Å². The van der Waals surface area contributed by atoms with E-state index in [1.807, 2.05) is 48.7 Å². The molecule has 68 heavy (non-hydrogen) atoms. The SMILES string of the molecule is CC(C)(c1ccc(OCc2ccnc(N3CCC(N4CCC(N5CCC6(CCCN(c7ccc8c(c7)C(O)N(C7CCC(=O)NC7=O)C8=O)C6)CC5)CC4)CC3)n2)cc1)c1cc(Cl)cc(C#N)c1. The predicted octanol–water partition coefficient (Wildman–Crippen LogP) is 6.97. The topological polar surface area (TPSA) is 158 Å². The molecular weight excluding hydrogens is 878 g/mol. The summed E-state index contributed by atoms with van der Waals surface area (Å²) in [6, 6.07) is 23.8. The van der Waals surface area contributed by atoms with Crippen LogP contribution in [0.5, 0.6) is 5.75 Å². The third kappa shape index (κ3) is 9.30. The molecule has 1 spiro atoms. The number of nitriles is 1. The number of benzene rings is 3. The number of anilines is 2. The van der Waals surface area contributed by atoms with Gasteiger partial charge in [-0.1, -0.05) is 37.6 Å². The molecule has 3 aromatic carbocycles. The number of aliphatic hydroxyl groups is 1. The van der Waals surface area contributed by atoms with E-state index < -0.39 is 18.2 Å². The zero-order valence-corrected chi connectivity index (χ0v) is 40.0. The Kier molecular flexibility index (Phi) is 12.9. The van der Waals surface area contributed by atoms with E-state index in [-0.39, 0.29) is 35.5 Å². The second kappa shape index (κ2) is 19.1. The summed E-state index contributed by atoms with van der Waals surface area (Å²) in [5.41, 5.74) is 5.36. The van der Waals surface area contributed by atoms with Crippen LogP contribution in [0.1, 0.15) is 123 Å². The van der Waals surface area contributed by atoms with Crippen molar-refractivity contribution >= 4 is 41.0 Å². The van der Waals surface area contributed by atoms with Crippen molar-refractivity contribution in [3.63, 3.8) is 0 Å². The molecule has 2 atom stereocenters. The lowest BCUT2D eigenvalue weighted by Gasteiger charge is -2.51. The molecule has 356 valence electrons. The minimum atomic E-state index is -1.21. The Morgan fingerprint density at radius 2 is 1.56 bits per heavy atom. The van der Waals surface area contributed by atoms with E-state index in [0.29, 0.717) is 40.4 Å². The van der Waals surface area contributed by atoms with Crippen LogP contribution in [0.3, 0.4) is 0 Å². The van der Waals surface area contributed by atoms with Crippen molar-refractivity contribution in [2.45, 2.75) is 114 Å². The number of piperidine rings is 5. The molecule has 0 bridgehead atoms. The summed E-state index contributed by atoms with van der Waals surface area (Å²) in [5.74, 6) is 0.291. The lowest BCUT2D eigenvalue weighted by Crippen LogP contribution is -2.55. The van der Waals surface area contributed by atoms with Gasteiger partial charge < -0.3 is 29.4 Å². The van der Waals surface area contributed by atoms with Gasteiger partial charge in [0, 0.05) is 78.1 Å². The summed E-state index contributed by atoms with van der Waals surface area (Å²) in [4.78, 5) is 58.8. The first-order chi connectivity index (χ1) is 32.9. The van der Waals surface area contributed by atoms with Crippen LogP contribution in [0.15, 0.2) is 72.9 Å². The first-order valence-corrected chi connectivity index (χ1v) is 25.0. The highest BCUT2D eigenvalue weighted by Crippen LogP contribution is 2.44. The number of ether oxygens (including phenoxy) is 1. The van der Waals surface area contributed by atoms with Crippen LogP contribution in [0.4, 0.5) is 11.6 Å². The zero-order chi connectivity index (χ0) is 47.2.